The van der Waals surface area contributed by atoms with Gasteiger partial charge in [-0.1, -0.05) is 36.6 Å². The van der Waals surface area contributed by atoms with Crippen molar-refractivity contribution in [2.24, 2.45) is 0 Å². The number of benzene rings is 1. The Morgan fingerprint density at radius 1 is 1.31 bits per heavy atom. The fourth-order valence-corrected chi connectivity index (χ4v) is 3.49. The van der Waals surface area contributed by atoms with Gasteiger partial charge in [-0.25, -0.2) is 13.9 Å². The molecule has 0 saturated heterocycles. The highest BCUT2D eigenvalue weighted by Gasteiger charge is 2.46. The van der Waals surface area contributed by atoms with Gasteiger partial charge in [0.15, 0.2) is 5.69 Å². The summed E-state index contributed by atoms with van der Waals surface area (Å²) in [5.41, 5.74) is -0.423. The van der Waals surface area contributed by atoms with Crippen LogP contribution in [0.1, 0.15) is 48.2 Å². The fraction of sp³-hybridized carbons (Fsp3) is 0.444. The molecule has 2 aromatic rings. The van der Waals surface area contributed by atoms with E-state index < -0.39 is 17.4 Å². The summed E-state index contributed by atoms with van der Waals surface area (Å²) in [5, 5.41) is 17.5. The summed E-state index contributed by atoms with van der Waals surface area (Å²) in [5.74, 6) is -1.81. The molecule has 3 rings (SSSR count). The Morgan fingerprint density at radius 2 is 2.04 bits per heavy atom. The third-order valence-electron chi connectivity index (χ3n) is 5.02. The number of amides is 1. The molecule has 1 amide bonds. The molecular formula is C18H21FN4O3. The third-order valence-corrected chi connectivity index (χ3v) is 5.02. The fourth-order valence-electron chi connectivity index (χ4n) is 3.49. The van der Waals surface area contributed by atoms with Crippen molar-refractivity contribution in [3.8, 4) is 0 Å². The minimum absolute atomic E-state index is 0.0788. The average molecular weight is 360 g/mol. The highest BCUT2D eigenvalue weighted by atomic mass is 19.1. The van der Waals surface area contributed by atoms with Gasteiger partial charge in [-0.3, -0.25) is 4.79 Å². The summed E-state index contributed by atoms with van der Waals surface area (Å²) in [6.45, 7) is 0.270. The number of hydrogen-bond donors (Lipinski definition) is 1. The number of carbonyl (C=O) groups is 2. The van der Waals surface area contributed by atoms with Crippen LogP contribution in [0, 0.1) is 5.82 Å². The van der Waals surface area contributed by atoms with Crippen molar-refractivity contribution in [2.45, 2.75) is 44.2 Å². The molecule has 1 saturated carbocycles. The minimum Gasteiger partial charge on any atom is -0.479 e. The lowest BCUT2D eigenvalue weighted by Gasteiger charge is -2.40. The molecule has 1 aliphatic carbocycles. The van der Waals surface area contributed by atoms with Gasteiger partial charge in [-0.15, -0.1) is 5.10 Å². The molecule has 1 heterocycles. The van der Waals surface area contributed by atoms with E-state index in [4.69, 9.17) is 0 Å². The molecular weight excluding hydrogens is 339 g/mol. The van der Waals surface area contributed by atoms with Crippen LogP contribution in [-0.4, -0.2) is 49.5 Å². The SMILES string of the molecule is CN(C(=O)c1cn(Cc2cccc(F)c2)nn1)C1(C(=O)O)CCCCC1. The smallest absolute Gasteiger partial charge is 0.329 e. The lowest BCUT2D eigenvalue weighted by Crippen LogP contribution is -2.56. The van der Waals surface area contributed by atoms with Crippen LogP contribution in [0.2, 0.25) is 0 Å². The van der Waals surface area contributed by atoms with Crippen molar-refractivity contribution in [1.29, 1.82) is 0 Å². The van der Waals surface area contributed by atoms with Gasteiger partial charge in [-0.05, 0) is 30.5 Å². The topological polar surface area (TPSA) is 88.3 Å². The monoisotopic (exact) mass is 360 g/mol. The largest absolute Gasteiger partial charge is 0.479 e. The molecule has 0 radical (unpaired) electrons. The van der Waals surface area contributed by atoms with E-state index in [-0.39, 0.29) is 18.1 Å². The lowest BCUT2D eigenvalue weighted by molar-refractivity contribution is -0.151. The van der Waals surface area contributed by atoms with Gasteiger partial charge in [0, 0.05) is 7.05 Å². The van der Waals surface area contributed by atoms with Crippen molar-refractivity contribution >= 4 is 11.9 Å². The standard InChI is InChI=1S/C18H21FN4O3/c1-22(18(17(25)26)8-3-2-4-9-18)16(24)15-12-23(21-20-15)11-13-6-5-7-14(19)10-13/h5-7,10,12H,2-4,8-9,11H2,1H3,(H,25,26). The van der Waals surface area contributed by atoms with Gasteiger partial charge in [0.1, 0.15) is 11.4 Å². The molecule has 0 unspecified atom stereocenters. The zero-order valence-electron chi connectivity index (χ0n) is 14.6. The van der Waals surface area contributed by atoms with E-state index >= 15 is 0 Å². The number of halogens is 1. The highest BCUT2D eigenvalue weighted by Crippen LogP contribution is 2.34. The second-order valence-electron chi connectivity index (χ2n) is 6.69. The normalized spacial score (nSPS) is 16.2. The summed E-state index contributed by atoms with van der Waals surface area (Å²) in [6, 6.07) is 6.09. The molecule has 8 heteroatoms. The Morgan fingerprint density at radius 3 is 2.69 bits per heavy atom. The predicted molar refractivity (Wildman–Crippen MR) is 91.1 cm³/mol. The Kier molecular flexibility index (Phi) is 5.01. The van der Waals surface area contributed by atoms with E-state index in [0.29, 0.717) is 18.4 Å². The number of likely N-dealkylation sites (N-methyl/N-ethyl adjacent to an activating group) is 1. The van der Waals surface area contributed by atoms with Crippen LogP contribution >= 0.6 is 0 Å². The van der Waals surface area contributed by atoms with Crippen LogP contribution in [-0.2, 0) is 11.3 Å². The summed E-state index contributed by atoms with van der Waals surface area (Å²) < 4.78 is 14.7. The van der Waals surface area contributed by atoms with E-state index in [1.807, 2.05) is 0 Å². The third kappa shape index (κ3) is 3.44. The van der Waals surface area contributed by atoms with E-state index in [2.05, 4.69) is 10.3 Å². The predicted octanol–water partition coefficient (Wildman–Crippen LogP) is 2.33. The van der Waals surface area contributed by atoms with Crippen LogP contribution in [0.4, 0.5) is 4.39 Å². The van der Waals surface area contributed by atoms with E-state index in [1.165, 1.54) is 35.0 Å². The summed E-state index contributed by atoms with van der Waals surface area (Å²) in [4.78, 5) is 25.9. The van der Waals surface area contributed by atoms with Gasteiger partial charge in [-0.2, -0.15) is 0 Å². The van der Waals surface area contributed by atoms with Crippen LogP contribution in [0.15, 0.2) is 30.5 Å². The molecule has 0 aliphatic heterocycles. The van der Waals surface area contributed by atoms with Gasteiger partial charge in [0.05, 0.1) is 12.7 Å². The number of aromatic nitrogens is 3. The molecule has 1 aliphatic rings. The number of carbonyl (C=O) groups excluding carboxylic acids is 1. The molecule has 0 atom stereocenters. The Hall–Kier alpha value is -2.77. The second-order valence-corrected chi connectivity index (χ2v) is 6.69. The second kappa shape index (κ2) is 7.23. The maximum Gasteiger partial charge on any atom is 0.329 e. The molecule has 7 nitrogen and oxygen atoms in total. The van der Waals surface area contributed by atoms with Gasteiger partial charge >= 0.3 is 5.97 Å². The van der Waals surface area contributed by atoms with Crippen LogP contribution in [0.3, 0.4) is 0 Å². The van der Waals surface area contributed by atoms with Crippen LogP contribution < -0.4 is 0 Å². The van der Waals surface area contributed by atoms with E-state index in [0.717, 1.165) is 19.3 Å². The van der Waals surface area contributed by atoms with Crippen LogP contribution in [0.25, 0.3) is 0 Å². The molecule has 0 bridgehead atoms. The van der Waals surface area contributed by atoms with Crippen molar-refractivity contribution < 1.29 is 19.1 Å². The first-order valence-corrected chi connectivity index (χ1v) is 8.58. The zero-order valence-corrected chi connectivity index (χ0v) is 14.6. The van der Waals surface area contributed by atoms with Crippen LogP contribution in [0.5, 0.6) is 0 Å². The average Bonchev–Trinajstić information content (AvgIpc) is 3.09. The van der Waals surface area contributed by atoms with E-state index in [1.54, 1.807) is 12.1 Å². The van der Waals surface area contributed by atoms with Gasteiger partial charge < -0.3 is 10.0 Å². The summed E-state index contributed by atoms with van der Waals surface area (Å²) in [7, 11) is 1.51. The van der Waals surface area contributed by atoms with Crippen molar-refractivity contribution in [3.05, 3.63) is 47.5 Å². The number of aliphatic carboxylic acids is 1. The Labute approximate surface area is 150 Å². The Bertz CT molecular complexity index is 814. The minimum atomic E-state index is -1.19. The molecule has 26 heavy (non-hydrogen) atoms. The lowest BCUT2D eigenvalue weighted by atomic mass is 9.80. The highest BCUT2D eigenvalue weighted by molar-refractivity contribution is 5.96. The number of nitrogens with zero attached hydrogens (tertiary/aromatic N) is 4. The van der Waals surface area contributed by atoms with Gasteiger partial charge in [0.25, 0.3) is 5.91 Å². The quantitative estimate of drug-likeness (QED) is 0.884. The van der Waals surface area contributed by atoms with Crippen molar-refractivity contribution in [1.82, 2.24) is 19.9 Å². The number of carboxylic acids is 1. The first-order chi connectivity index (χ1) is 12.4. The first kappa shape index (κ1) is 18.0. The van der Waals surface area contributed by atoms with Gasteiger partial charge in [0.2, 0.25) is 0 Å². The maximum atomic E-state index is 13.3. The zero-order chi connectivity index (χ0) is 18.7. The number of carboxylic acid groups (broad SMARTS) is 1. The first-order valence-electron chi connectivity index (χ1n) is 8.58. The summed E-state index contributed by atoms with van der Waals surface area (Å²) >= 11 is 0. The molecule has 1 fully saturated rings. The molecule has 0 spiro atoms. The molecule has 1 aromatic heterocycles. The number of rotatable bonds is 5. The molecule has 138 valence electrons. The van der Waals surface area contributed by atoms with Crippen molar-refractivity contribution in [3.63, 3.8) is 0 Å². The molecule has 1 N–H and O–H groups in total. The van der Waals surface area contributed by atoms with E-state index in [9.17, 15) is 19.1 Å². The van der Waals surface area contributed by atoms with Crippen molar-refractivity contribution in [2.75, 3.05) is 7.05 Å². The summed E-state index contributed by atoms with van der Waals surface area (Å²) in [6.07, 6.45) is 4.85. The molecule has 1 aromatic carbocycles. The maximum absolute atomic E-state index is 13.3. The Balaban J connectivity index is 1.77. The number of hydrogen-bond acceptors (Lipinski definition) is 4.